The van der Waals surface area contributed by atoms with Gasteiger partial charge in [0, 0.05) is 23.1 Å². The van der Waals surface area contributed by atoms with Crippen molar-refractivity contribution in [3.05, 3.63) is 29.3 Å². The van der Waals surface area contributed by atoms with Crippen molar-refractivity contribution in [3.8, 4) is 5.75 Å². The molecule has 0 aromatic heterocycles. The summed E-state index contributed by atoms with van der Waals surface area (Å²) >= 11 is 0. The minimum absolute atomic E-state index is 0.101. The normalized spacial score (nSPS) is 14.6. The number of carbonyl (C=O) groups is 2. The van der Waals surface area contributed by atoms with E-state index in [-0.39, 0.29) is 5.91 Å². The molecule has 2 rings (SSSR count). The van der Waals surface area contributed by atoms with E-state index in [2.05, 4.69) is 0 Å². The molecule has 0 unspecified atom stereocenters. The largest absolute Gasteiger partial charge is 0.491 e. The van der Waals surface area contributed by atoms with Gasteiger partial charge in [-0.05, 0) is 18.6 Å². The smallest absolute Gasteiger partial charge is 0.274 e. The molecule has 0 aliphatic carbocycles. The number of hydroxylamine groups is 1. The second-order valence-electron chi connectivity index (χ2n) is 6.08. The number of ether oxygens (including phenoxy) is 1. The molecule has 0 fully saturated rings. The summed E-state index contributed by atoms with van der Waals surface area (Å²) in [5.41, 5.74) is 2.37. The van der Waals surface area contributed by atoms with E-state index in [1.165, 1.54) is 0 Å². The molecule has 0 saturated carbocycles. The summed E-state index contributed by atoms with van der Waals surface area (Å²) in [5, 5.41) is 8.69. The van der Waals surface area contributed by atoms with Gasteiger partial charge in [0.25, 0.3) is 5.91 Å². The van der Waals surface area contributed by atoms with Crippen molar-refractivity contribution in [2.45, 2.75) is 33.7 Å². The second kappa shape index (κ2) is 6.36. The van der Waals surface area contributed by atoms with Crippen LogP contribution in [-0.4, -0.2) is 35.1 Å². The molecule has 0 radical (unpaired) electrons. The highest BCUT2D eigenvalue weighted by Crippen LogP contribution is 2.29. The topological polar surface area (TPSA) is 78.9 Å². The number of fused-ring (bicyclic) bond motifs is 1. The zero-order chi connectivity index (χ0) is 16.3. The summed E-state index contributed by atoms with van der Waals surface area (Å²) in [6, 6.07) is 4.94. The van der Waals surface area contributed by atoms with Crippen LogP contribution in [0, 0.1) is 5.41 Å². The molecule has 1 aliphatic rings. The van der Waals surface area contributed by atoms with Gasteiger partial charge in [0.2, 0.25) is 5.91 Å². The number of nitrogens with zero attached hydrogens (tertiary/aromatic N) is 1. The molecule has 6 nitrogen and oxygen atoms in total. The molecule has 6 heteroatoms. The van der Waals surface area contributed by atoms with Crippen LogP contribution in [-0.2, 0) is 11.3 Å². The lowest BCUT2D eigenvalue weighted by Gasteiger charge is -2.30. The van der Waals surface area contributed by atoms with E-state index in [1.807, 2.05) is 20.8 Å². The van der Waals surface area contributed by atoms with Crippen LogP contribution in [0.2, 0.25) is 0 Å². The lowest BCUT2D eigenvalue weighted by atomic mass is 9.88. The Balaban J connectivity index is 2.24. The van der Waals surface area contributed by atoms with E-state index in [4.69, 9.17) is 9.94 Å². The summed E-state index contributed by atoms with van der Waals surface area (Å²) in [6.07, 6.45) is 0.770. The minimum atomic E-state index is -0.587. The summed E-state index contributed by atoms with van der Waals surface area (Å²) < 4.78 is 5.65. The van der Waals surface area contributed by atoms with Crippen molar-refractivity contribution >= 4 is 11.8 Å². The van der Waals surface area contributed by atoms with Gasteiger partial charge < -0.3 is 9.64 Å². The quantitative estimate of drug-likeness (QED) is 0.661. The van der Waals surface area contributed by atoms with Gasteiger partial charge in [0.05, 0.1) is 6.54 Å². The molecule has 22 heavy (non-hydrogen) atoms. The Morgan fingerprint density at radius 3 is 2.77 bits per heavy atom. The number of rotatable bonds is 3. The van der Waals surface area contributed by atoms with Crippen LogP contribution in [0.3, 0.4) is 0 Å². The zero-order valence-electron chi connectivity index (χ0n) is 13.2. The second-order valence-corrected chi connectivity index (χ2v) is 6.08. The first-order valence-corrected chi connectivity index (χ1v) is 7.38. The Morgan fingerprint density at radius 2 is 2.14 bits per heavy atom. The fourth-order valence-electron chi connectivity index (χ4n) is 2.33. The van der Waals surface area contributed by atoms with Crippen LogP contribution in [0.15, 0.2) is 18.2 Å². The van der Waals surface area contributed by atoms with E-state index in [0.29, 0.717) is 31.0 Å². The van der Waals surface area contributed by atoms with Gasteiger partial charge in [-0.3, -0.25) is 14.8 Å². The summed E-state index contributed by atoms with van der Waals surface area (Å²) in [7, 11) is 0. The molecule has 120 valence electrons. The maximum Gasteiger partial charge on any atom is 0.274 e. The van der Waals surface area contributed by atoms with Crippen molar-refractivity contribution in [3.63, 3.8) is 0 Å². The van der Waals surface area contributed by atoms with Gasteiger partial charge in [-0.15, -0.1) is 0 Å². The molecule has 1 aromatic carbocycles. The summed E-state index contributed by atoms with van der Waals surface area (Å²) in [5.74, 6) is 0.0880. The highest BCUT2D eigenvalue weighted by molar-refractivity contribution is 5.93. The van der Waals surface area contributed by atoms with Crippen LogP contribution in [0.5, 0.6) is 5.75 Å². The van der Waals surface area contributed by atoms with Gasteiger partial charge in [0.15, 0.2) is 0 Å². The minimum Gasteiger partial charge on any atom is -0.491 e. The van der Waals surface area contributed by atoms with Crippen molar-refractivity contribution in [1.29, 1.82) is 0 Å². The fraction of sp³-hybridized carbons (Fsp3) is 0.500. The Morgan fingerprint density at radius 1 is 1.41 bits per heavy atom. The zero-order valence-corrected chi connectivity index (χ0v) is 13.2. The first-order chi connectivity index (χ1) is 10.4. The first kappa shape index (κ1) is 16.3. The first-order valence-electron chi connectivity index (χ1n) is 7.38. The number of benzene rings is 1. The fourth-order valence-corrected chi connectivity index (χ4v) is 2.33. The lowest BCUT2D eigenvalue weighted by Crippen LogP contribution is -2.41. The van der Waals surface area contributed by atoms with Crippen LogP contribution in [0.25, 0.3) is 0 Å². The molecule has 0 bridgehead atoms. The van der Waals surface area contributed by atoms with Crippen LogP contribution in [0.4, 0.5) is 0 Å². The van der Waals surface area contributed by atoms with E-state index in [1.54, 1.807) is 28.6 Å². The van der Waals surface area contributed by atoms with E-state index in [0.717, 1.165) is 12.0 Å². The molecule has 2 amide bonds. The molecule has 0 saturated heterocycles. The summed E-state index contributed by atoms with van der Waals surface area (Å²) in [6.45, 7) is 7.23. The Kier molecular flexibility index (Phi) is 4.71. The third-order valence-electron chi connectivity index (χ3n) is 4.16. The molecule has 0 spiro atoms. The van der Waals surface area contributed by atoms with E-state index >= 15 is 0 Å². The Bertz CT molecular complexity index is 584. The van der Waals surface area contributed by atoms with Crippen molar-refractivity contribution in [2.75, 3.05) is 13.2 Å². The molecule has 0 atom stereocenters. The van der Waals surface area contributed by atoms with E-state index < -0.39 is 11.3 Å². The molecule has 1 heterocycles. The number of amides is 2. The standard InChI is InChI=1S/C16H22N2O4/c1-4-16(2,3)15(20)18-7-8-22-13-9-11(14(19)17-21)5-6-12(13)10-18/h5-6,9,21H,4,7-8,10H2,1-3H3,(H,17,19). The number of hydrogen-bond acceptors (Lipinski definition) is 4. The van der Waals surface area contributed by atoms with Gasteiger partial charge >= 0.3 is 0 Å². The van der Waals surface area contributed by atoms with Gasteiger partial charge in [-0.2, -0.15) is 0 Å². The molecule has 1 aromatic rings. The maximum absolute atomic E-state index is 12.6. The van der Waals surface area contributed by atoms with Crippen molar-refractivity contribution in [1.82, 2.24) is 10.4 Å². The van der Waals surface area contributed by atoms with Gasteiger partial charge in [-0.25, -0.2) is 5.48 Å². The monoisotopic (exact) mass is 306 g/mol. The number of carbonyl (C=O) groups excluding carboxylic acids is 2. The third kappa shape index (κ3) is 3.22. The molecular weight excluding hydrogens is 284 g/mol. The van der Waals surface area contributed by atoms with Gasteiger partial charge in [-0.1, -0.05) is 26.8 Å². The average Bonchev–Trinajstić information content (AvgIpc) is 2.74. The predicted octanol–water partition coefficient (Wildman–Crippen LogP) is 1.96. The van der Waals surface area contributed by atoms with Crippen molar-refractivity contribution in [2.24, 2.45) is 5.41 Å². The predicted molar refractivity (Wildman–Crippen MR) is 80.7 cm³/mol. The highest BCUT2D eigenvalue weighted by Gasteiger charge is 2.31. The maximum atomic E-state index is 12.6. The van der Waals surface area contributed by atoms with E-state index in [9.17, 15) is 9.59 Å². The Hall–Kier alpha value is -2.08. The van der Waals surface area contributed by atoms with Crippen molar-refractivity contribution < 1.29 is 19.5 Å². The van der Waals surface area contributed by atoms with Gasteiger partial charge in [0.1, 0.15) is 12.4 Å². The number of hydrogen-bond donors (Lipinski definition) is 2. The number of nitrogens with one attached hydrogen (secondary N) is 1. The molecule has 2 N–H and O–H groups in total. The van der Waals surface area contributed by atoms with Crippen LogP contribution < -0.4 is 10.2 Å². The molecular formula is C16H22N2O4. The third-order valence-corrected chi connectivity index (χ3v) is 4.16. The SMILES string of the molecule is CCC(C)(C)C(=O)N1CCOc2cc(C(=O)NO)ccc2C1. The average molecular weight is 306 g/mol. The van der Waals surface area contributed by atoms with Crippen LogP contribution in [0.1, 0.15) is 43.1 Å². The summed E-state index contributed by atoms with van der Waals surface area (Å²) in [4.78, 5) is 25.8. The highest BCUT2D eigenvalue weighted by atomic mass is 16.5. The Labute approximate surface area is 130 Å². The lowest BCUT2D eigenvalue weighted by molar-refractivity contribution is -0.141. The molecule has 1 aliphatic heterocycles. The van der Waals surface area contributed by atoms with Crippen LogP contribution >= 0.6 is 0 Å².